The lowest BCUT2D eigenvalue weighted by Gasteiger charge is -2.35. The Labute approximate surface area is 156 Å². The van der Waals surface area contributed by atoms with E-state index in [4.69, 9.17) is 4.74 Å². The first-order valence-corrected chi connectivity index (χ1v) is 9.40. The summed E-state index contributed by atoms with van der Waals surface area (Å²) in [6, 6.07) is 11.7. The van der Waals surface area contributed by atoms with E-state index in [1.54, 1.807) is 13.3 Å². The molecule has 0 atom stereocenters. The van der Waals surface area contributed by atoms with Gasteiger partial charge in [-0.15, -0.1) is 11.3 Å². The van der Waals surface area contributed by atoms with E-state index in [1.165, 1.54) is 11.3 Å². The fourth-order valence-electron chi connectivity index (χ4n) is 3.16. The maximum atomic E-state index is 12.5. The number of thiophene rings is 1. The molecule has 0 spiro atoms. The number of rotatable bonds is 4. The Bertz CT molecular complexity index is 883. The van der Waals surface area contributed by atoms with Crippen LogP contribution in [0.4, 0.5) is 5.95 Å². The van der Waals surface area contributed by atoms with Gasteiger partial charge in [0.1, 0.15) is 5.75 Å². The molecule has 0 aliphatic carbocycles. The van der Waals surface area contributed by atoms with Gasteiger partial charge in [0.25, 0.3) is 5.91 Å². The molecule has 26 heavy (non-hydrogen) atoms. The third-order valence-corrected chi connectivity index (χ3v) is 5.39. The molecule has 0 radical (unpaired) electrons. The van der Waals surface area contributed by atoms with Crippen molar-refractivity contribution >= 4 is 23.2 Å². The van der Waals surface area contributed by atoms with Crippen molar-refractivity contribution in [1.29, 1.82) is 0 Å². The van der Waals surface area contributed by atoms with E-state index in [2.05, 4.69) is 14.5 Å². The number of piperazine rings is 1. The van der Waals surface area contributed by atoms with Crippen LogP contribution in [-0.4, -0.2) is 53.6 Å². The number of hydrogen-bond acceptors (Lipinski definition) is 5. The average Bonchev–Trinajstić information content (AvgIpc) is 3.39. The van der Waals surface area contributed by atoms with E-state index in [0.29, 0.717) is 13.1 Å². The maximum absolute atomic E-state index is 12.5. The second-order valence-electron chi connectivity index (χ2n) is 6.06. The number of ether oxygens (including phenoxy) is 1. The molecule has 1 aromatic carbocycles. The van der Waals surface area contributed by atoms with Crippen molar-refractivity contribution in [2.45, 2.75) is 0 Å². The van der Waals surface area contributed by atoms with Crippen LogP contribution in [0, 0.1) is 0 Å². The van der Waals surface area contributed by atoms with Gasteiger partial charge in [0.05, 0.1) is 17.7 Å². The number of aromatic nitrogens is 2. The largest absolute Gasteiger partial charge is 0.497 e. The molecule has 1 aliphatic rings. The van der Waals surface area contributed by atoms with Crippen LogP contribution in [0.2, 0.25) is 0 Å². The minimum atomic E-state index is 0.121. The third kappa shape index (κ3) is 3.17. The van der Waals surface area contributed by atoms with Gasteiger partial charge in [0.2, 0.25) is 5.95 Å². The highest BCUT2D eigenvalue weighted by atomic mass is 32.1. The monoisotopic (exact) mass is 368 g/mol. The first-order chi connectivity index (χ1) is 12.8. The molecule has 1 saturated heterocycles. The molecule has 134 valence electrons. The van der Waals surface area contributed by atoms with E-state index in [1.807, 2.05) is 52.9 Å². The summed E-state index contributed by atoms with van der Waals surface area (Å²) >= 11 is 1.49. The highest BCUT2D eigenvalue weighted by Crippen LogP contribution is 2.23. The number of nitrogens with zero attached hydrogens (tertiary/aromatic N) is 4. The van der Waals surface area contributed by atoms with Crippen LogP contribution in [0.3, 0.4) is 0 Å². The van der Waals surface area contributed by atoms with Crippen molar-refractivity contribution in [2.75, 3.05) is 38.2 Å². The number of carbonyl (C=O) groups excluding carboxylic acids is 1. The Morgan fingerprint density at radius 2 is 2.00 bits per heavy atom. The summed E-state index contributed by atoms with van der Waals surface area (Å²) in [7, 11) is 1.66. The lowest BCUT2D eigenvalue weighted by atomic mass is 10.3. The summed E-state index contributed by atoms with van der Waals surface area (Å²) in [5.41, 5.74) is 1.01. The molecule has 1 amide bonds. The van der Waals surface area contributed by atoms with E-state index in [9.17, 15) is 4.79 Å². The Morgan fingerprint density at radius 1 is 1.15 bits per heavy atom. The van der Waals surface area contributed by atoms with Crippen molar-refractivity contribution < 1.29 is 9.53 Å². The number of imidazole rings is 1. The summed E-state index contributed by atoms with van der Waals surface area (Å²) < 4.78 is 7.38. The maximum Gasteiger partial charge on any atom is 0.264 e. The Morgan fingerprint density at radius 3 is 2.73 bits per heavy atom. The molecular weight excluding hydrogens is 348 g/mol. The fourth-order valence-corrected chi connectivity index (χ4v) is 3.85. The van der Waals surface area contributed by atoms with Crippen molar-refractivity contribution in [1.82, 2.24) is 14.5 Å². The summed E-state index contributed by atoms with van der Waals surface area (Å²) in [5.74, 6) is 1.82. The molecule has 0 N–H and O–H groups in total. The third-order valence-electron chi connectivity index (χ3n) is 4.53. The summed E-state index contributed by atoms with van der Waals surface area (Å²) in [6.07, 6.45) is 3.76. The van der Waals surface area contributed by atoms with Gasteiger partial charge in [-0.1, -0.05) is 12.1 Å². The van der Waals surface area contributed by atoms with Gasteiger partial charge in [0, 0.05) is 44.6 Å². The smallest absolute Gasteiger partial charge is 0.264 e. The molecule has 0 unspecified atom stereocenters. The number of hydrogen-bond donors (Lipinski definition) is 0. The molecule has 6 nitrogen and oxygen atoms in total. The van der Waals surface area contributed by atoms with Crippen molar-refractivity contribution in [3.8, 4) is 11.4 Å². The number of anilines is 1. The van der Waals surface area contributed by atoms with E-state index >= 15 is 0 Å². The van der Waals surface area contributed by atoms with Gasteiger partial charge in [-0.25, -0.2) is 4.98 Å². The van der Waals surface area contributed by atoms with Crippen molar-refractivity contribution in [3.63, 3.8) is 0 Å². The lowest BCUT2D eigenvalue weighted by molar-refractivity contribution is 0.0751. The predicted molar refractivity (Wildman–Crippen MR) is 103 cm³/mol. The van der Waals surface area contributed by atoms with Gasteiger partial charge in [-0.05, 0) is 23.6 Å². The van der Waals surface area contributed by atoms with Gasteiger partial charge in [-0.2, -0.15) is 0 Å². The molecule has 3 aromatic rings. The number of methoxy groups -OCH3 is 1. The molecule has 3 heterocycles. The molecule has 1 fully saturated rings. The molecule has 0 saturated carbocycles. The van der Waals surface area contributed by atoms with E-state index in [-0.39, 0.29) is 5.91 Å². The van der Waals surface area contributed by atoms with Crippen LogP contribution in [-0.2, 0) is 0 Å². The van der Waals surface area contributed by atoms with Crippen LogP contribution in [0.5, 0.6) is 5.75 Å². The highest BCUT2D eigenvalue weighted by Gasteiger charge is 2.25. The van der Waals surface area contributed by atoms with Gasteiger partial charge in [-0.3, -0.25) is 9.36 Å². The standard InChI is InChI=1S/C19H20N4O2S/c1-25-16-5-2-4-15(14-16)23-8-7-20-19(23)22-11-9-21(10-12-22)18(24)17-6-3-13-26-17/h2-8,13-14H,9-12H2,1H3. The molecule has 1 aliphatic heterocycles. The Balaban J connectivity index is 1.49. The Kier molecular flexibility index (Phi) is 4.62. The van der Waals surface area contributed by atoms with Crippen molar-refractivity contribution in [2.24, 2.45) is 0 Å². The van der Waals surface area contributed by atoms with E-state index in [0.717, 1.165) is 35.4 Å². The van der Waals surface area contributed by atoms with Crippen LogP contribution < -0.4 is 9.64 Å². The zero-order chi connectivity index (χ0) is 17.9. The highest BCUT2D eigenvalue weighted by molar-refractivity contribution is 7.12. The minimum absolute atomic E-state index is 0.121. The van der Waals surface area contributed by atoms with Crippen LogP contribution in [0.15, 0.2) is 54.2 Å². The molecule has 2 aromatic heterocycles. The molecular formula is C19H20N4O2S. The zero-order valence-electron chi connectivity index (χ0n) is 14.5. The Hall–Kier alpha value is -2.80. The topological polar surface area (TPSA) is 50.6 Å². The predicted octanol–water partition coefficient (Wildman–Crippen LogP) is 2.90. The number of benzene rings is 1. The average molecular weight is 368 g/mol. The SMILES string of the molecule is COc1cccc(-n2ccnc2N2CCN(C(=O)c3cccs3)CC2)c1. The van der Waals surface area contributed by atoms with Crippen molar-refractivity contribution in [3.05, 3.63) is 59.0 Å². The van der Waals surface area contributed by atoms with Gasteiger partial charge in [0.15, 0.2) is 0 Å². The number of carbonyl (C=O) groups is 1. The second-order valence-corrected chi connectivity index (χ2v) is 7.00. The molecule has 0 bridgehead atoms. The first kappa shape index (κ1) is 16.7. The van der Waals surface area contributed by atoms with Crippen LogP contribution >= 0.6 is 11.3 Å². The van der Waals surface area contributed by atoms with Gasteiger partial charge >= 0.3 is 0 Å². The zero-order valence-corrected chi connectivity index (χ0v) is 15.4. The lowest BCUT2D eigenvalue weighted by Crippen LogP contribution is -2.49. The number of amides is 1. The van der Waals surface area contributed by atoms with Crippen LogP contribution in [0.25, 0.3) is 5.69 Å². The summed E-state index contributed by atoms with van der Waals surface area (Å²) in [6.45, 7) is 2.92. The first-order valence-electron chi connectivity index (χ1n) is 8.52. The fraction of sp³-hybridized carbons (Fsp3) is 0.263. The summed E-state index contributed by atoms with van der Waals surface area (Å²) in [4.78, 5) is 22.0. The normalized spacial score (nSPS) is 14.5. The molecule has 4 rings (SSSR count). The minimum Gasteiger partial charge on any atom is -0.497 e. The summed E-state index contributed by atoms with van der Waals surface area (Å²) in [5, 5.41) is 1.94. The quantitative estimate of drug-likeness (QED) is 0.711. The van der Waals surface area contributed by atoms with Crippen LogP contribution in [0.1, 0.15) is 9.67 Å². The van der Waals surface area contributed by atoms with Gasteiger partial charge < -0.3 is 14.5 Å². The molecule has 7 heteroatoms. The van der Waals surface area contributed by atoms with E-state index < -0.39 is 0 Å². The second kappa shape index (κ2) is 7.21.